The van der Waals surface area contributed by atoms with E-state index in [9.17, 15) is 4.79 Å². The van der Waals surface area contributed by atoms with Gasteiger partial charge >= 0.3 is 0 Å². The molecular formula is C15H18N4O2. The van der Waals surface area contributed by atoms with Gasteiger partial charge in [0, 0.05) is 13.2 Å². The van der Waals surface area contributed by atoms with Crippen LogP contribution in [0.4, 0.5) is 5.69 Å². The normalized spacial score (nSPS) is 18.5. The molecule has 0 saturated heterocycles. The molecule has 0 fully saturated rings. The van der Waals surface area contributed by atoms with Gasteiger partial charge in [0.1, 0.15) is 6.07 Å². The smallest absolute Gasteiger partial charge is 0.288 e. The maximum Gasteiger partial charge on any atom is 0.288 e. The Hall–Kier alpha value is -2.39. The average molecular weight is 286 g/mol. The molecule has 1 atom stereocenters. The Morgan fingerprint density at radius 2 is 2.00 bits per heavy atom. The minimum absolute atomic E-state index is 0.131. The molecule has 6 heteroatoms. The Morgan fingerprint density at radius 1 is 1.33 bits per heavy atom. The highest BCUT2D eigenvalue weighted by Crippen LogP contribution is 2.24. The average Bonchev–Trinajstić information content (AvgIpc) is 2.49. The van der Waals surface area contributed by atoms with Crippen molar-refractivity contribution >= 4 is 17.3 Å². The molecule has 0 radical (unpaired) electrons. The maximum absolute atomic E-state index is 12.2. The molecule has 1 aliphatic rings. The highest BCUT2D eigenvalue weighted by molar-refractivity contribution is 6.45. The Bertz CT molecular complexity index is 589. The zero-order valence-corrected chi connectivity index (χ0v) is 12.4. The second-order valence-corrected chi connectivity index (χ2v) is 4.61. The number of carbonyl (C=O) groups is 1. The van der Waals surface area contributed by atoms with Crippen LogP contribution in [0.15, 0.2) is 29.4 Å². The van der Waals surface area contributed by atoms with E-state index in [1.165, 1.54) is 4.90 Å². The predicted molar refractivity (Wildman–Crippen MR) is 79.5 cm³/mol. The molecule has 1 aliphatic heterocycles. The molecule has 2 rings (SSSR count). The van der Waals surface area contributed by atoms with Crippen molar-refractivity contribution in [2.24, 2.45) is 5.10 Å². The quantitative estimate of drug-likeness (QED) is 0.847. The van der Waals surface area contributed by atoms with Gasteiger partial charge in [-0.1, -0.05) is 17.7 Å². The molecule has 1 amide bonds. The van der Waals surface area contributed by atoms with Crippen molar-refractivity contribution in [1.82, 2.24) is 4.90 Å². The zero-order valence-electron chi connectivity index (χ0n) is 12.4. The number of ether oxygens (including phenoxy) is 1. The number of carbonyl (C=O) groups excluding carboxylic acids is 1. The molecule has 110 valence electrons. The summed E-state index contributed by atoms with van der Waals surface area (Å²) in [6.07, 6.45) is -0.632. The third kappa shape index (κ3) is 2.88. The van der Waals surface area contributed by atoms with E-state index in [0.29, 0.717) is 13.2 Å². The number of aryl methyl sites for hydroxylation is 1. The standard InChI is InChI=1S/C15H18N4O2/c1-4-18-14(20)13(10-16)17-19(15(18)21-5-2)12-8-6-11(3)7-9-12/h6-9,15H,4-5H2,1-3H3. The van der Waals surface area contributed by atoms with Crippen molar-refractivity contribution in [1.29, 1.82) is 5.26 Å². The monoisotopic (exact) mass is 286 g/mol. The number of amides is 1. The lowest BCUT2D eigenvalue weighted by atomic mass is 10.2. The summed E-state index contributed by atoms with van der Waals surface area (Å²) in [6, 6.07) is 9.54. The van der Waals surface area contributed by atoms with E-state index >= 15 is 0 Å². The first-order valence-electron chi connectivity index (χ1n) is 6.89. The fourth-order valence-corrected chi connectivity index (χ4v) is 2.13. The number of anilines is 1. The molecule has 6 nitrogen and oxygen atoms in total. The molecule has 0 spiro atoms. The molecule has 0 aliphatic carbocycles. The second kappa shape index (κ2) is 6.37. The summed E-state index contributed by atoms with van der Waals surface area (Å²) in [5.74, 6) is -0.401. The van der Waals surface area contributed by atoms with Gasteiger partial charge in [-0.2, -0.15) is 10.4 Å². The lowest BCUT2D eigenvalue weighted by molar-refractivity contribution is -0.139. The summed E-state index contributed by atoms with van der Waals surface area (Å²) in [5.41, 5.74) is 1.77. The third-order valence-electron chi connectivity index (χ3n) is 3.21. The third-order valence-corrected chi connectivity index (χ3v) is 3.21. The van der Waals surface area contributed by atoms with E-state index in [2.05, 4.69) is 5.10 Å². The largest absolute Gasteiger partial charge is 0.339 e. The molecule has 1 aromatic carbocycles. The predicted octanol–water partition coefficient (Wildman–Crippen LogP) is 1.86. The van der Waals surface area contributed by atoms with Gasteiger partial charge in [-0.25, -0.2) is 5.01 Å². The molecule has 0 bridgehead atoms. The van der Waals surface area contributed by atoms with E-state index < -0.39 is 12.3 Å². The topological polar surface area (TPSA) is 68.9 Å². The van der Waals surface area contributed by atoms with Crippen LogP contribution in [0.25, 0.3) is 0 Å². The van der Waals surface area contributed by atoms with Gasteiger partial charge in [-0.3, -0.25) is 9.69 Å². The molecule has 0 N–H and O–H groups in total. The van der Waals surface area contributed by atoms with Crippen molar-refractivity contribution in [2.75, 3.05) is 18.2 Å². The fraction of sp³-hybridized carbons (Fsp3) is 0.400. The van der Waals surface area contributed by atoms with E-state index in [0.717, 1.165) is 11.3 Å². The summed E-state index contributed by atoms with van der Waals surface area (Å²) < 4.78 is 5.66. The maximum atomic E-state index is 12.2. The summed E-state index contributed by atoms with van der Waals surface area (Å²) in [7, 11) is 0. The van der Waals surface area contributed by atoms with Gasteiger partial charge in [0.2, 0.25) is 12.1 Å². The van der Waals surface area contributed by atoms with Crippen LogP contribution in [-0.4, -0.2) is 36.0 Å². The Kier molecular flexibility index (Phi) is 4.55. The molecule has 21 heavy (non-hydrogen) atoms. The van der Waals surface area contributed by atoms with Crippen molar-refractivity contribution < 1.29 is 9.53 Å². The number of nitrogens with zero attached hydrogens (tertiary/aromatic N) is 4. The van der Waals surface area contributed by atoms with Crippen LogP contribution in [0.3, 0.4) is 0 Å². The van der Waals surface area contributed by atoms with E-state index in [4.69, 9.17) is 10.00 Å². The van der Waals surface area contributed by atoms with Gasteiger partial charge in [0.15, 0.2) is 0 Å². The SMILES string of the molecule is CCOC1N(CC)C(=O)C(C#N)=NN1c1ccc(C)cc1. The Morgan fingerprint density at radius 3 is 2.52 bits per heavy atom. The summed E-state index contributed by atoms with van der Waals surface area (Å²) in [5, 5.41) is 14.8. The highest BCUT2D eigenvalue weighted by Gasteiger charge is 2.36. The Labute approximate surface area is 124 Å². The van der Waals surface area contributed by atoms with Crippen LogP contribution in [0.2, 0.25) is 0 Å². The first-order chi connectivity index (χ1) is 10.1. The second-order valence-electron chi connectivity index (χ2n) is 4.61. The molecule has 0 aromatic heterocycles. The van der Waals surface area contributed by atoms with E-state index in [1.807, 2.05) is 51.1 Å². The number of nitriles is 1. The van der Waals surface area contributed by atoms with Crippen LogP contribution in [-0.2, 0) is 9.53 Å². The van der Waals surface area contributed by atoms with Crippen LogP contribution in [0.1, 0.15) is 19.4 Å². The van der Waals surface area contributed by atoms with E-state index in [-0.39, 0.29) is 5.71 Å². The molecule has 0 saturated carbocycles. The fourth-order valence-electron chi connectivity index (χ4n) is 2.13. The summed E-state index contributed by atoms with van der Waals surface area (Å²) in [4.78, 5) is 13.7. The van der Waals surface area contributed by atoms with E-state index in [1.54, 1.807) is 5.01 Å². The lowest BCUT2D eigenvalue weighted by Gasteiger charge is -2.39. The Balaban J connectivity index is 2.47. The minimum atomic E-state index is -0.632. The van der Waals surface area contributed by atoms with Gasteiger partial charge in [0.05, 0.1) is 5.69 Å². The number of hydrazone groups is 1. The number of rotatable bonds is 4. The van der Waals surface area contributed by atoms with Gasteiger partial charge < -0.3 is 4.74 Å². The van der Waals surface area contributed by atoms with Crippen molar-refractivity contribution in [3.8, 4) is 6.07 Å². The van der Waals surface area contributed by atoms with Crippen molar-refractivity contribution in [3.05, 3.63) is 29.8 Å². The van der Waals surface area contributed by atoms with Crippen LogP contribution in [0.5, 0.6) is 0 Å². The van der Waals surface area contributed by atoms with Crippen LogP contribution >= 0.6 is 0 Å². The van der Waals surface area contributed by atoms with Crippen LogP contribution < -0.4 is 5.01 Å². The lowest BCUT2D eigenvalue weighted by Crippen LogP contribution is -2.56. The number of hydrogen-bond acceptors (Lipinski definition) is 5. The zero-order chi connectivity index (χ0) is 15.4. The van der Waals surface area contributed by atoms with Gasteiger partial charge in [0.25, 0.3) is 5.91 Å². The summed E-state index contributed by atoms with van der Waals surface area (Å²) >= 11 is 0. The first-order valence-corrected chi connectivity index (χ1v) is 6.89. The van der Waals surface area contributed by atoms with Crippen LogP contribution in [0, 0.1) is 18.3 Å². The van der Waals surface area contributed by atoms with Crippen molar-refractivity contribution in [2.45, 2.75) is 27.1 Å². The number of hydrogen-bond donors (Lipinski definition) is 0. The number of benzene rings is 1. The highest BCUT2D eigenvalue weighted by atomic mass is 16.5. The molecule has 1 heterocycles. The molecule has 1 aromatic rings. The van der Waals surface area contributed by atoms with Gasteiger partial charge in [-0.05, 0) is 32.9 Å². The van der Waals surface area contributed by atoms with Gasteiger partial charge in [-0.15, -0.1) is 0 Å². The minimum Gasteiger partial charge on any atom is -0.339 e. The first kappa shape index (κ1) is 15.0. The van der Waals surface area contributed by atoms with Crippen molar-refractivity contribution in [3.63, 3.8) is 0 Å². The summed E-state index contributed by atoms with van der Waals surface area (Å²) in [6.45, 7) is 6.57. The molecule has 1 unspecified atom stereocenters. The molecular weight excluding hydrogens is 268 g/mol.